The van der Waals surface area contributed by atoms with Gasteiger partial charge in [-0.1, -0.05) is 37.0 Å². The largest absolute Gasteiger partial charge is 0.505 e. The highest BCUT2D eigenvalue weighted by molar-refractivity contribution is 6.39. The van der Waals surface area contributed by atoms with Crippen molar-refractivity contribution in [1.29, 1.82) is 0 Å². The van der Waals surface area contributed by atoms with Crippen molar-refractivity contribution < 1.29 is 159 Å². The van der Waals surface area contributed by atoms with Gasteiger partial charge in [-0.15, -0.1) is 0 Å². The number of halogens is 2. The Labute approximate surface area is 562 Å². The first-order chi connectivity index (χ1) is 45.4. The molecule has 0 bridgehead atoms. The van der Waals surface area contributed by atoms with E-state index in [4.69, 9.17) is 132 Å². The van der Waals surface area contributed by atoms with E-state index in [0.29, 0.717) is 0 Å². The lowest BCUT2D eigenvalue weighted by Crippen LogP contribution is -2.72. The molecular formula is C61H88Cl2O33. The molecule has 1 aromatic carbocycles. The summed E-state index contributed by atoms with van der Waals surface area (Å²) in [4.78, 5) is 39.8. The van der Waals surface area contributed by atoms with Gasteiger partial charge in [-0.2, -0.15) is 0 Å². The Morgan fingerprint density at radius 3 is 2.00 bits per heavy atom. The van der Waals surface area contributed by atoms with Crippen LogP contribution in [0.4, 0.5) is 0 Å². The topological polar surface area (TPSA) is 405 Å². The van der Waals surface area contributed by atoms with Crippen LogP contribution in [0.1, 0.15) is 90.6 Å². The summed E-state index contributed by atoms with van der Waals surface area (Å²) in [5.41, 5.74) is -3.42. The van der Waals surface area contributed by atoms with E-state index in [9.17, 15) is 50.1 Å². The molecule has 0 aliphatic carbocycles. The van der Waals surface area contributed by atoms with Gasteiger partial charge in [-0.25, -0.2) is 4.79 Å². The second-order valence-electron chi connectivity index (χ2n) is 26.2. The summed E-state index contributed by atoms with van der Waals surface area (Å²) < 4.78 is 141. The van der Waals surface area contributed by atoms with Crippen molar-refractivity contribution in [2.24, 2.45) is 5.92 Å². The zero-order valence-corrected chi connectivity index (χ0v) is 56.6. The summed E-state index contributed by atoms with van der Waals surface area (Å²) in [6.45, 7) is 12.4. The van der Waals surface area contributed by atoms with Crippen molar-refractivity contribution in [3.05, 3.63) is 21.2 Å². The van der Waals surface area contributed by atoms with Crippen LogP contribution < -0.4 is 4.74 Å². The van der Waals surface area contributed by atoms with E-state index < -0.39 is 225 Å². The van der Waals surface area contributed by atoms with E-state index >= 15 is 0 Å². The van der Waals surface area contributed by atoms with Gasteiger partial charge in [0.15, 0.2) is 66.4 Å². The summed E-state index contributed by atoms with van der Waals surface area (Å²) in [5, 5.41) is 79.9. The van der Waals surface area contributed by atoms with Crippen LogP contribution in [0.5, 0.6) is 11.5 Å². The van der Waals surface area contributed by atoms with Crippen LogP contribution in [0.3, 0.4) is 0 Å². The van der Waals surface area contributed by atoms with Crippen LogP contribution in [0.15, 0.2) is 0 Å². The Morgan fingerprint density at radius 1 is 0.667 bits per heavy atom. The van der Waals surface area contributed by atoms with E-state index in [2.05, 4.69) is 0 Å². The van der Waals surface area contributed by atoms with E-state index in [1.807, 2.05) is 0 Å². The third-order valence-electron chi connectivity index (χ3n) is 19.4. The Kier molecular flexibility index (Phi) is 22.4. The molecule has 544 valence electrons. The minimum absolute atomic E-state index is 0.0571. The van der Waals surface area contributed by atoms with Crippen molar-refractivity contribution in [2.75, 3.05) is 55.1 Å². The highest BCUT2D eigenvalue weighted by Gasteiger charge is 2.73. The molecule has 10 aliphatic rings. The Bertz CT molecular complexity index is 2910. The first-order valence-corrected chi connectivity index (χ1v) is 32.6. The number of methoxy groups -OCH3 is 4. The number of hydrogen-bond donors (Lipinski definition) is 7. The summed E-state index contributed by atoms with van der Waals surface area (Å²) in [5.74, 6) is -7.53. The maximum Gasteiger partial charge on any atom is 0.342 e. The summed E-state index contributed by atoms with van der Waals surface area (Å²) in [7, 11) is 5.20. The summed E-state index contributed by atoms with van der Waals surface area (Å²) >= 11 is 12.5. The number of esters is 2. The monoisotopic (exact) mass is 1420 g/mol. The fourth-order valence-electron chi connectivity index (χ4n) is 14.6. The number of fused-ring (bicyclic) bond motifs is 4. The molecule has 31 atom stereocenters. The molecule has 0 amide bonds. The Balaban J connectivity index is 0.730. The molecule has 10 aliphatic heterocycles. The number of phenolic OH excluding ortho intramolecular Hbond substituents is 1. The molecular weight excluding hydrogens is 1330 g/mol. The third kappa shape index (κ3) is 13.5. The zero-order valence-electron chi connectivity index (χ0n) is 55.1. The van der Waals surface area contributed by atoms with Crippen molar-refractivity contribution in [1.82, 2.24) is 0 Å². The van der Waals surface area contributed by atoms with E-state index in [1.165, 1.54) is 49.2 Å². The van der Waals surface area contributed by atoms with Crippen molar-refractivity contribution in [3.8, 4) is 11.5 Å². The van der Waals surface area contributed by atoms with Crippen LogP contribution >= 0.6 is 23.2 Å². The van der Waals surface area contributed by atoms with Crippen LogP contribution in [0.25, 0.3) is 0 Å². The fourth-order valence-corrected chi connectivity index (χ4v) is 15.1. The predicted molar refractivity (Wildman–Crippen MR) is 314 cm³/mol. The summed E-state index contributed by atoms with van der Waals surface area (Å²) in [6.07, 6.45) is -34.7. The number of rotatable bonds is 19. The molecule has 7 N–H and O–H groups in total. The van der Waals surface area contributed by atoms with Crippen molar-refractivity contribution >= 4 is 40.9 Å². The number of aliphatic hydroxyl groups is 6. The third-order valence-corrected chi connectivity index (χ3v) is 20.2. The number of Topliss-reactive ketones (excluding diaryl/α,β-unsaturated/α-hetero) is 1. The maximum atomic E-state index is 13.6. The Morgan fingerprint density at radius 2 is 1.35 bits per heavy atom. The second-order valence-corrected chi connectivity index (χ2v) is 27.0. The van der Waals surface area contributed by atoms with Crippen LogP contribution in [-0.2, 0) is 114 Å². The smallest absolute Gasteiger partial charge is 0.342 e. The molecule has 10 fully saturated rings. The molecule has 33 nitrogen and oxygen atoms in total. The molecule has 1 aromatic rings. The number of carbonyl (C=O) groups excluding carboxylic acids is 3. The van der Waals surface area contributed by atoms with Crippen LogP contribution in [0.2, 0.25) is 10.0 Å². The number of carbonyl (C=O) groups is 3. The lowest BCUT2D eigenvalue weighted by Gasteiger charge is -2.49. The molecule has 0 radical (unpaired) electrons. The predicted octanol–water partition coefficient (Wildman–Crippen LogP) is 0.0244. The minimum Gasteiger partial charge on any atom is -0.505 e. The molecule has 10 heterocycles. The first-order valence-electron chi connectivity index (χ1n) is 31.9. The van der Waals surface area contributed by atoms with Crippen molar-refractivity contribution in [3.63, 3.8) is 0 Å². The van der Waals surface area contributed by atoms with Gasteiger partial charge in [0.1, 0.15) is 102 Å². The SMILES string of the molecule is COCC1OC(OC2OCC3OC4(OC3C2OC(=O)C(C)C)OC(C)C(O)(C(C)=O)C2OCOC24)C(OC)C(O)C1OC1OC(CO)C(OC)C(OC2CC3(C)OC4(CC(O)C(OC5CC(O)C(OC(=O)c6c(C)c(Cl)c(O)c(Cl)c6OC)C(C)O5)C(C)O4)OC3C(C)O2)C1O. The zero-order chi connectivity index (χ0) is 69.6. The van der Waals surface area contributed by atoms with Gasteiger partial charge in [0.25, 0.3) is 5.97 Å². The van der Waals surface area contributed by atoms with Gasteiger partial charge in [0.05, 0.1) is 80.9 Å². The van der Waals surface area contributed by atoms with Gasteiger partial charge in [0, 0.05) is 34.2 Å². The maximum absolute atomic E-state index is 13.6. The fraction of sp³-hybridized carbons (Fsp3) is 0.852. The molecule has 96 heavy (non-hydrogen) atoms. The molecule has 31 unspecified atom stereocenters. The molecule has 0 saturated carbocycles. The van der Waals surface area contributed by atoms with Gasteiger partial charge in [0.2, 0.25) is 6.29 Å². The minimum atomic E-state index is -2.14. The molecule has 10 saturated heterocycles. The van der Waals surface area contributed by atoms with Gasteiger partial charge in [-0.05, 0) is 54.0 Å². The number of ether oxygens (including phenoxy) is 23. The average Bonchev–Trinajstić information content (AvgIpc) is 1.57. The lowest BCUT2D eigenvalue weighted by molar-refractivity contribution is -0.428. The normalized spacial score (nSPS) is 47.0. The van der Waals surface area contributed by atoms with E-state index in [-0.39, 0.29) is 66.2 Å². The van der Waals surface area contributed by atoms with Gasteiger partial charge >= 0.3 is 17.9 Å². The van der Waals surface area contributed by atoms with Crippen LogP contribution in [-0.4, -0.2) is 297 Å². The Hall–Kier alpha value is -3.03. The van der Waals surface area contributed by atoms with Crippen molar-refractivity contribution in [2.45, 2.75) is 270 Å². The van der Waals surface area contributed by atoms with E-state index in [1.54, 1.807) is 41.5 Å². The highest BCUT2D eigenvalue weighted by Crippen LogP contribution is 2.53. The molecule has 0 aromatic heterocycles. The number of ketones is 1. The average molecular weight is 1420 g/mol. The first kappa shape index (κ1) is 74.2. The summed E-state index contributed by atoms with van der Waals surface area (Å²) in [6, 6.07) is 0. The van der Waals surface area contributed by atoms with E-state index in [0.717, 1.165) is 0 Å². The molecule has 11 rings (SSSR count). The standard InChI is InChI=1S/C61H88Cl2O33/c1-21(2)53(71)88-49-45-32(93-61(94-45)52-51(79-20-80-52)60(73,26(7)65)27(8)92-61)19-78-56(49)90-57-48(77-13)39(69)43(31(84-57)18-74-10)89-55-40(70)47(44(75-11)30(17-64)83-55)86-34-16-58(9)50(25(6)82-34)95-59(96-58)15-29(67)42(24(5)91-59)85-33-14-28(66)41(23(4)81-33)87-54(72)35-22(3)36(62)38(68)37(63)46(35)76-12/h21,23-25,27-34,39-45,47-52,55-57,64,66-70,73H,14-20H2,1-13H3. The highest BCUT2D eigenvalue weighted by atomic mass is 35.5. The molecule has 2 spiro atoms. The lowest BCUT2D eigenvalue weighted by atomic mass is 9.81. The number of phenols is 1. The quantitative estimate of drug-likeness (QED) is 0.0898. The van der Waals surface area contributed by atoms with Crippen LogP contribution in [0, 0.1) is 12.8 Å². The van der Waals surface area contributed by atoms with Gasteiger partial charge in [-0.3, -0.25) is 9.59 Å². The number of aromatic hydroxyl groups is 1. The second kappa shape index (κ2) is 29.0. The molecule has 35 heteroatoms. The number of hydrogen-bond acceptors (Lipinski definition) is 33. The van der Waals surface area contributed by atoms with Gasteiger partial charge < -0.3 is 145 Å². The number of benzene rings is 1. The number of aliphatic hydroxyl groups excluding tert-OH is 5.